The monoisotopic (exact) mass is 468 g/mol. The maximum atomic E-state index is 14.1. The van der Waals surface area contributed by atoms with Gasteiger partial charge < -0.3 is 4.90 Å². The average molecular weight is 469 g/mol. The fourth-order valence-electron chi connectivity index (χ4n) is 4.78. The standard InChI is InChI=1S/C25H27FN2O2S.C2H6/c1-3-22-17(2)27(20-9-5-4-6-10-20)25(30)24(22)28(21-11-7-8-19(26)15-21)23(29)14-18-12-13-31-16-18;1-2/h3,7-8,11-13,15-16,20,24H,1,4-6,9-10,14H2,2H3;1-2H3. The smallest absolute Gasteiger partial charge is 0.254 e. The second-order valence-corrected chi connectivity index (χ2v) is 8.98. The molecule has 0 saturated heterocycles. The first-order valence-electron chi connectivity index (χ1n) is 11.8. The first kappa shape index (κ1) is 24.9. The Morgan fingerprint density at radius 3 is 2.58 bits per heavy atom. The van der Waals surface area contributed by atoms with E-state index in [1.165, 1.54) is 34.8 Å². The van der Waals surface area contributed by atoms with E-state index in [9.17, 15) is 14.0 Å². The van der Waals surface area contributed by atoms with E-state index in [2.05, 4.69) is 6.58 Å². The lowest BCUT2D eigenvalue weighted by Crippen LogP contribution is -2.50. The minimum Gasteiger partial charge on any atom is -0.311 e. The van der Waals surface area contributed by atoms with Gasteiger partial charge in [0.15, 0.2) is 0 Å². The Hall–Kier alpha value is -2.73. The second kappa shape index (κ2) is 11.4. The third kappa shape index (κ3) is 5.27. The van der Waals surface area contributed by atoms with Crippen LogP contribution in [0.25, 0.3) is 0 Å². The van der Waals surface area contributed by atoms with Crippen molar-refractivity contribution in [3.63, 3.8) is 0 Å². The summed E-state index contributed by atoms with van der Waals surface area (Å²) in [7, 11) is 0. The molecule has 4 rings (SSSR count). The highest BCUT2D eigenvalue weighted by Crippen LogP contribution is 2.37. The van der Waals surface area contributed by atoms with Crippen LogP contribution in [0.5, 0.6) is 0 Å². The van der Waals surface area contributed by atoms with Crippen LogP contribution in [0, 0.1) is 5.82 Å². The van der Waals surface area contributed by atoms with Gasteiger partial charge in [-0.25, -0.2) is 4.39 Å². The maximum absolute atomic E-state index is 14.1. The maximum Gasteiger partial charge on any atom is 0.254 e. The third-order valence-electron chi connectivity index (χ3n) is 6.25. The van der Waals surface area contributed by atoms with Crippen LogP contribution in [-0.4, -0.2) is 28.8 Å². The van der Waals surface area contributed by atoms with Crippen molar-refractivity contribution in [2.75, 3.05) is 4.90 Å². The van der Waals surface area contributed by atoms with Crippen LogP contribution in [0.15, 0.2) is 65.0 Å². The van der Waals surface area contributed by atoms with Crippen molar-refractivity contribution in [1.82, 2.24) is 4.90 Å². The van der Waals surface area contributed by atoms with Crippen molar-refractivity contribution in [3.8, 4) is 0 Å². The number of hydrogen-bond donors (Lipinski definition) is 0. The molecule has 1 atom stereocenters. The number of halogens is 1. The van der Waals surface area contributed by atoms with E-state index in [-0.39, 0.29) is 24.3 Å². The van der Waals surface area contributed by atoms with Gasteiger partial charge in [0.25, 0.3) is 5.91 Å². The van der Waals surface area contributed by atoms with Crippen LogP contribution >= 0.6 is 11.3 Å². The Labute approximate surface area is 200 Å². The normalized spacial score (nSPS) is 18.7. The first-order chi connectivity index (χ1) is 16.0. The van der Waals surface area contributed by atoms with E-state index in [1.54, 1.807) is 18.2 Å². The molecule has 1 aromatic heterocycles. The van der Waals surface area contributed by atoms with E-state index in [0.717, 1.165) is 42.5 Å². The Kier molecular flexibility index (Phi) is 8.61. The van der Waals surface area contributed by atoms with Gasteiger partial charge in [-0.1, -0.05) is 51.8 Å². The number of anilines is 1. The van der Waals surface area contributed by atoms with Crippen molar-refractivity contribution in [3.05, 3.63) is 76.4 Å². The lowest BCUT2D eigenvalue weighted by atomic mass is 9.94. The predicted octanol–water partition coefficient (Wildman–Crippen LogP) is 6.49. The summed E-state index contributed by atoms with van der Waals surface area (Å²) in [6.07, 6.45) is 7.13. The zero-order chi connectivity index (χ0) is 24.0. The molecule has 176 valence electrons. The molecule has 4 nitrogen and oxygen atoms in total. The molecule has 1 fully saturated rings. The van der Waals surface area contributed by atoms with Gasteiger partial charge in [-0.05, 0) is 60.4 Å². The van der Waals surface area contributed by atoms with Gasteiger partial charge in [0.1, 0.15) is 11.9 Å². The summed E-state index contributed by atoms with van der Waals surface area (Å²) in [5, 5.41) is 3.84. The average Bonchev–Trinajstić information content (AvgIpc) is 3.42. The lowest BCUT2D eigenvalue weighted by Gasteiger charge is -2.34. The molecule has 6 heteroatoms. The van der Waals surface area contributed by atoms with Crippen LogP contribution in [-0.2, 0) is 16.0 Å². The summed E-state index contributed by atoms with van der Waals surface area (Å²) in [5.41, 5.74) is 2.84. The highest BCUT2D eigenvalue weighted by Gasteiger charge is 2.45. The molecule has 1 unspecified atom stereocenters. The number of carbonyl (C=O) groups is 2. The number of amides is 2. The summed E-state index contributed by atoms with van der Waals surface area (Å²) in [6, 6.07) is 7.12. The molecule has 0 bridgehead atoms. The van der Waals surface area contributed by atoms with Gasteiger partial charge in [0.05, 0.1) is 6.42 Å². The highest BCUT2D eigenvalue weighted by molar-refractivity contribution is 7.08. The molecule has 33 heavy (non-hydrogen) atoms. The summed E-state index contributed by atoms with van der Waals surface area (Å²) in [4.78, 5) is 30.6. The van der Waals surface area contributed by atoms with E-state index < -0.39 is 11.9 Å². The Morgan fingerprint density at radius 2 is 1.97 bits per heavy atom. The number of benzene rings is 1. The fourth-order valence-corrected chi connectivity index (χ4v) is 5.45. The van der Waals surface area contributed by atoms with Gasteiger partial charge >= 0.3 is 0 Å². The number of carbonyl (C=O) groups excluding carboxylic acids is 2. The number of hydrogen-bond acceptors (Lipinski definition) is 3. The number of thiophene rings is 1. The van der Waals surface area contributed by atoms with Gasteiger partial charge in [-0.15, -0.1) is 0 Å². The predicted molar refractivity (Wildman–Crippen MR) is 134 cm³/mol. The van der Waals surface area contributed by atoms with Gasteiger partial charge in [-0.2, -0.15) is 11.3 Å². The molecule has 2 heterocycles. The quantitative estimate of drug-likeness (QED) is 0.486. The van der Waals surface area contributed by atoms with E-state index in [1.807, 2.05) is 42.5 Å². The van der Waals surface area contributed by atoms with Gasteiger partial charge in [0.2, 0.25) is 5.91 Å². The van der Waals surface area contributed by atoms with Crippen molar-refractivity contribution in [1.29, 1.82) is 0 Å². The van der Waals surface area contributed by atoms with Crippen molar-refractivity contribution in [2.45, 2.75) is 71.4 Å². The number of rotatable bonds is 6. The molecule has 1 aliphatic heterocycles. The first-order valence-corrected chi connectivity index (χ1v) is 12.7. The Bertz CT molecular complexity index is 1010. The molecular formula is C27H33FN2O2S. The van der Waals surface area contributed by atoms with Crippen LogP contribution in [0.2, 0.25) is 0 Å². The second-order valence-electron chi connectivity index (χ2n) is 8.20. The SMILES string of the molecule is C=CC1=C(C)N(C2CCCCC2)C(=O)C1N(C(=O)Cc1ccsc1)c1cccc(F)c1.CC. The number of allylic oxidation sites excluding steroid dienone is 1. The molecule has 0 radical (unpaired) electrons. The highest BCUT2D eigenvalue weighted by atomic mass is 32.1. The topological polar surface area (TPSA) is 40.6 Å². The summed E-state index contributed by atoms with van der Waals surface area (Å²) in [6.45, 7) is 9.87. The summed E-state index contributed by atoms with van der Waals surface area (Å²) in [5.74, 6) is -0.802. The summed E-state index contributed by atoms with van der Waals surface area (Å²) < 4.78 is 14.1. The fraction of sp³-hybridized carbons (Fsp3) is 0.407. The van der Waals surface area contributed by atoms with E-state index >= 15 is 0 Å². The Morgan fingerprint density at radius 1 is 1.24 bits per heavy atom. The van der Waals surface area contributed by atoms with Crippen molar-refractivity contribution < 1.29 is 14.0 Å². The van der Waals surface area contributed by atoms with E-state index in [0.29, 0.717) is 5.69 Å². The molecule has 2 amide bonds. The zero-order valence-corrected chi connectivity index (χ0v) is 20.5. The lowest BCUT2D eigenvalue weighted by molar-refractivity contribution is -0.132. The van der Waals surface area contributed by atoms with Crippen LogP contribution in [0.3, 0.4) is 0 Å². The molecule has 0 spiro atoms. The van der Waals surface area contributed by atoms with E-state index in [4.69, 9.17) is 0 Å². The number of nitrogens with zero attached hydrogens (tertiary/aromatic N) is 2. The largest absolute Gasteiger partial charge is 0.311 e. The Balaban J connectivity index is 0.00000149. The zero-order valence-electron chi connectivity index (χ0n) is 19.7. The molecular weight excluding hydrogens is 435 g/mol. The van der Waals surface area contributed by atoms with Crippen LogP contribution in [0.1, 0.15) is 58.4 Å². The molecule has 1 aliphatic carbocycles. The van der Waals surface area contributed by atoms with Crippen LogP contribution in [0.4, 0.5) is 10.1 Å². The molecule has 2 aromatic rings. The molecule has 0 N–H and O–H groups in total. The van der Waals surface area contributed by atoms with Gasteiger partial charge in [-0.3, -0.25) is 14.5 Å². The third-order valence-corrected chi connectivity index (χ3v) is 6.99. The van der Waals surface area contributed by atoms with Crippen LogP contribution < -0.4 is 4.90 Å². The molecule has 1 aromatic carbocycles. The molecule has 2 aliphatic rings. The van der Waals surface area contributed by atoms with Gasteiger partial charge in [0, 0.05) is 23.0 Å². The minimum atomic E-state index is -0.827. The summed E-state index contributed by atoms with van der Waals surface area (Å²) >= 11 is 1.52. The van der Waals surface area contributed by atoms with Crippen molar-refractivity contribution in [2.24, 2.45) is 0 Å². The molecule has 1 saturated carbocycles. The minimum absolute atomic E-state index is 0.123. The van der Waals surface area contributed by atoms with Crippen molar-refractivity contribution >= 4 is 28.8 Å².